The van der Waals surface area contributed by atoms with Crippen LogP contribution in [0.25, 0.3) is 32.9 Å². The van der Waals surface area contributed by atoms with Gasteiger partial charge >= 0.3 is 18.2 Å². The molecule has 2 aromatic heterocycles. The molecule has 0 radical (unpaired) electrons. The summed E-state index contributed by atoms with van der Waals surface area (Å²) in [5, 5.41) is 4.38. The molecule has 2 bridgehead atoms. The van der Waals surface area contributed by atoms with Gasteiger partial charge in [0.25, 0.3) is 5.92 Å². The lowest BCUT2D eigenvalue weighted by molar-refractivity contribution is 0.000848. The van der Waals surface area contributed by atoms with E-state index in [1.807, 2.05) is 56.9 Å². The number of alkyl halides is 2. The smallest absolute Gasteiger partial charge is 0.412 e. The van der Waals surface area contributed by atoms with Crippen LogP contribution in [0.5, 0.6) is 11.9 Å². The van der Waals surface area contributed by atoms with Crippen molar-refractivity contribution >= 4 is 53.4 Å². The Labute approximate surface area is 416 Å². The maximum absolute atomic E-state index is 18.4. The Hall–Kier alpha value is -5.34. The highest BCUT2D eigenvalue weighted by atomic mass is 28.3. The summed E-state index contributed by atoms with van der Waals surface area (Å²) in [6.07, 6.45) is 0.523. The Kier molecular flexibility index (Phi) is 12.8. The van der Waals surface area contributed by atoms with Crippen LogP contribution in [0, 0.1) is 17.3 Å². The lowest BCUT2D eigenvalue weighted by atomic mass is 9.94. The number of amides is 2. The summed E-state index contributed by atoms with van der Waals surface area (Å²) >= 11 is 0. The molecule has 4 aromatic rings. The van der Waals surface area contributed by atoms with Gasteiger partial charge in [0.05, 0.1) is 30.2 Å². The fourth-order valence-corrected chi connectivity index (χ4v) is 18.0. The third-order valence-corrected chi connectivity index (χ3v) is 21.7. The van der Waals surface area contributed by atoms with Crippen LogP contribution in [0.1, 0.15) is 128 Å². The van der Waals surface area contributed by atoms with E-state index in [0.717, 1.165) is 6.42 Å². The van der Waals surface area contributed by atoms with E-state index < -0.39 is 60.9 Å². The van der Waals surface area contributed by atoms with Gasteiger partial charge in [-0.2, -0.15) is 9.97 Å². The molecular weight excluding hydrogens is 928 g/mol. The number of aromatic nitrogens is 3. The van der Waals surface area contributed by atoms with Crippen LogP contribution in [0.4, 0.5) is 34.3 Å². The molecule has 0 spiro atoms. The summed E-state index contributed by atoms with van der Waals surface area (Å²) in [7, 11) is -2.27. The number of pyridine rings is 1. The number of nitrogens with zero attached hydrogens (tertiary/aromatic N) is 6. The Morgan fingerprint density at radius 3 is 2.34 bits per heavy atom. The minimum absolute atomic E-state index is 0.0728. The van der Waals surface area contributed by atoms with Gasteiger partial charge in [0.1, 0.15) is 54.4 Å². The third kappa shape index (κ3) is 9.25. The number of anilines is 2. The summed E-state index contributed by atoms with van der Waals surface area (Å²) in [6.45, 7) is 26.6. The molecule has 1 N–H and O–H groups in total. The van der Waals surface area contributed by atoms with Crippen molar-refractivity contribution < 1.29 is 41.7 Å². The molecule has 0 saturated carbocycles. The average Bonchev–Trinajstić information content (AvgIpc) is 3.83. The van der Waals surface area contributed by atoms with Gasteiger partial charge in [-0.1, -0.05) is 59.6 Å². The fourth-order valence-electron chi connectivity index (χ4n) is 12.8. The van der Waals surface area contributed by atoms with E-state index in [0.29, 0.717) is 82.4 Å². The third-order valence-electron chi connectivity index (χ3n) is 15.5. The van der Waals surface area contributed by atoms with Crippen LogP contribution in [0.15, 0.2) is 30.3 Å². The van der Waals surface area contributed by atoms with Gasteiger partial charge in [-0.25, -0.2) is 27.7 Å². The second-order valence-electron chi connectivity index (χ2n) is 23.6. The minimum Gasteiger partial charge on any atom is -0.472 e. The van der Waals surface area contributed by atoms with Crippen molar-refractivity contribution in [1.29, 1.82) is 0 Å². The first-order chi connectivity index (χ1) is 33.2. The zero-order valence-corrected chi connectivity index (χ0v) is 44.6. The summed E-state index contributed by atoms with van der Waals surface area (Å²) in [6, 6.07) is 7.93. The largest absolute Gasteiger partial charge is 0.472 e. The van der Waals surface area contributed by atoms with Gasteiger partial charge in [-0.05, 0) is 121 Å². The Morgan fingerprint density at radius 2 is 1.66 bits per heavy atom. The highest BCUT2D eigenvalue weighted by Gasteiger charge is 2.58. The molecule has 5 aliphatic heterocycles. The van der Waals surface area contributed by atoms with Crippen molar-refractivity contribution in [2.75, 3.05) is 36.5 Å². The zero-order valence-electron chi connectivity index (χ0n) is 43.6. The first-order valence-electron chi connectivity index (χ1n) is 25.4. The van der Waals surface area contributed by atoms with Crippen molar-refractivity contribution in [3.8, 4) is 34.6 Å². The lowest BCUT2D eigenvalue weighted by Crippen LogP contribution is -2.65. The number of hydrogen-bond donors (Lipinski definition) is 1. The van der Waals surface area contributed by atoms with E-state index in [9.17, 15) is 9.59 Å². The molecule has 9 rings (SSSR count). The maximum Gasteiger partial charge on any atom is 0.412 e. The monoisotopic (exact) mass is 998 g/mol. The molecule has 382 valence electrons. The SMILES string of the molecule is CC(C)[Si](C#Cc1cccc2cc(NC(=O)OC(C)(C)C)cc(-c3nc4c5c(nc(OC[C@]67CCCN6CC(F)(F)C7)nc5c3F)N3C[C@H]5CC[C@@H]([C@H]3[C@H](C)O4)N5C(=O)OC(C)(C)C)c12)(C(C)C)C(C)C. The van der Waals surface area contributed by atoms with E-state index in [1.54, 1.807) is 31.7 Å². The molecule has 5 atom stereocenters. The van der Waals surface area contributed by atoms with Crippen LogP contribution in [-0.4, -0.2) is 118 Å². The highest BCUT2D eigenvalue weighted by Crippen LogP contribution is 2.50. The number of benzene rings is 2. The number of hydrogen-bond acceptors (Lipinski definition) is 11. The van der Waals surface area contributed by atoms with Crippen LogP contribution < -0.4 is 19.7 Å². The molecule has 17 heteroatoms. The van der Waals surface area contributed by atoms with Crippen LogP contribution >= 0.6 is 0 Å². The van der Waals surface area contributed by atoms with Crippen molar-refractivity contribution in [2.45, 2.75) is 186 Å². The standard InChI is InChI=1S/C54H70F3N7O6Si/c1-30(2)71(31(3)4,32(5)6)23-20-34-16-14-17-35-24-36(58-49(65)69-51(8,9)10)25-38(40(34)35)43-42(55)44-41-46(61-48(60-44)67-29-53-21-15-22-62(53)28-54(56,57)27-53)63-26-37-18-19-39(45(63)33(7)68-47(41)59-43)64(37)50(66)70-52(11,12)13/h14,16-17,24-25,30-33,37,39,45H,15,18-19,21-22,26-29H2,1-13H3,(H,58,65)/t33-,37+,39-,45+,53+/m0/s1. The molecule has 71 heavy (non-hydrogen) atoms. The molecule has 0 unspecified atom stereocenters. The molecule has 4 fully saturated rings. The molecule has 13 nitrogen and oxygen atoms in total. The molecule has 7 heterocycles. The Morgan fingerprint density at radius 1 is 0.958 bits per heavy atom. The van der Waals surface area contributed by atoms with Crippen molar-refractivity contribution in [2.24, 2.45) is 0 Å². The first kappa shape index (κ1) is 50.6. The van der Waals surface area contributed by atoms with E-state index in [2.05, 4.69) is 63.2 Å². The summed E-state index contributed by atoms with van der Waals surface area (Å²) in [5.74, 6) is 0.325. The number of fused-ring (bicyclic) bond motifs is 7. The summed E-state index contributed by atoms with van der Waals surface area (Å²) < 4.78 is 73.5. The van der Waals surface area contributed by atoms with E-state index in [-0.39, 0.29) is 60.1 Å². The van der Waals surface area contributed by atoms with Crippen molar-refractivity contribution in [1.82, 2.24) is 24.8 Å². The van der Waals surface area contributed by atoms with Crippen LogP contribution in [0.2, 0.25) is 16.6 Å². The van der Waals surface area contributed by atoms with Gasteiger partial charge in [0, 0.05) is 35.2 Å². The topological polar surface area (TPSA) is 131 Å². The van der Waals surface area contributed by atoms with E-state index in [1.165, 1.54) is 0 Å². The maximum atomic E-state index is 18.4. The molecule has 5 aliphatic rings. The number of nitrogens with one attached hydrogen (secondary N) is 1. The number of piperazine rings is 1. The number of halogens is 3. The van der Waals surface area contributed by atoms with E-state index >= 15 is 13.2 Å². The van der Waals surface area contributed by atoms with Gasteiger partial charge in [0.2, 0.25) is 5.88 Å². The minimum atomic E-state index is -2.88. The van der Waals surface area contributed by atoms with Crippen LogP contribution in [0.3, 0.4) is 0 Å². The molecule has 2 aromatic carbocycles. The van der Waals surface area contributed by atoms with Gasteiger partial charge < -0.3 is 23.8 Å². The highest BCUT2D eigenvalue weighted by molar-refractivity contribution is 6.90. The summed E-state index contributed by atoms with van der Waals surface area (Å²) in [5.41, 5.74) is 3.52. The first-order valence-corrected chi connectivity index (χ1v) is 27.7. The van der Waals surface area contributed by atoms with Crippen molar-refractivity contribution in [3.05, 3.63) is 41.7 Å². The predicted octanol–water partition coefficient (Wildman–Crippen LogP) is 11.9. The number of carbonyl (C=O) groups excluding carboxylic acids is 2. The van der Waals surface area contributed by atoms with E-state index in [4.69, 9.17) is 33.9 Å². The van der Waals surface area contributed by atoms with Gasteiger partial charge in [0.15, 0.2) is 5.82 Å². The van der Waals surface area contributed by atoms with Crippen LogP contribution in [-0.2, 0) is 9.47 Å². The lowest BCUT2D eigenvalue weighted by Gasteiger charge is -2.48. The van der Waals surface area contributed by atoms with Gasteiger partial charge in [-0.15, -0.1) is 5.54 Å². The van der Waals surface area contributed by atoms with Crippen molar-refractivity contribution in [3.63, 3.8) is 0 Å². The molecule has 2 amide bonds. The quantitative estimate of drug-likeness (QED) is 0.134. The van der Waals surface area contributed by atoms with Gasteiger partial charge in [-0.3, -0.25) is 15.1 Å². The molecular formula is C54H70F3N7O6Si. The summed E-state index contributed by atoms with van der Waals surface area (Å²) in [4.78, 5) is 47.9. The Bertz CT molecular complexity index is 2820. The molecule has 0 aliphatic carbocycles. The zero-order chi connectivity index (χ0) is 51.3. The fraction of sp³-hybridized carbons (Fsp3) is 0.611. The normalized spacial score (nSPS) is 23.9. The molecule has 4 saturated heterocycles. The predicted molar refractivity (Wildman–Crippen MR) is 273 cm³/mol. The number of carbonyl (C=O) groups is 2. The second-order valence-corrected chi connectivity index (χ2v) is 29.1. The number of rotatable bonds is 8. The average molecular weight is 998 g/mol. The Balaban J connectivity index is 1.26. The number of ether oxygens (including phenoxy) is 4. The second kappa shape index (κ2) is 18.0.